The molecule has 0 atom stereocenters. The molecule has 0 unspecified atom stereocenters. The van der Waals surface area contributed by atoms with E-state index in [0.29, 0.717) is 10.5 Å². The molecule has 0 fully saturated rings. The Morgan fingerprint density at radius 2 is 1.85 bits per heavy atom. The van der Waals surface area contributed by atoms with Crippen LogP contribution in [-0.4, -0.2) is 31.3 Å². The third-order valence-corrected chi connectivity index (χ3v) is 1.94. The van der Waals surface area contributed by atoms with Crippen LogP contribution in [0, 0.1) is 0 Å². The molecule has 0 heterocycles. The first-order valence-electron chi connectivity index (χ1n) is 3.84. The largest absolute Gasteiger partial charge is 0.488 e. The van der Waals surface area contributed by atoms with Gasteiger partial charge in [0.1, 0.15) is 0 Å². The van der Waals surface area contributed by atoms with E-state index in [9.17, 15) is 0 Å². The SMILES string of the molecule is CN(C)c1cc(Cl)cc(B(O)O)c1. The quantitative estimate of drug-likeness (QED) is 0.664. The highest BCUT2D eigenvalue weighted by atomic mass is 35.5. The van der Waals surface area contributed by atoms with Gasteiger partial charge in [0.25, 0.3) is 0 Å². The molecule has 1 aromatic carbocycles. The number of anilines is 1. The molecular formula is C8H11BClNO2. The van der Waals surface area contributed by atoms with Gasteiger partial charge in [0.2, 0.25) is 0 Å². The zero-order valence-electron chi connectivity index (χ0n) is 7.53. The van der Waals surface area contributed by atoms with Crippen LogP contribution in [0.2, 0.25) is 5.02 Å². The van der Waals surface area contributed by atoms with Crippen LogP contribution in [0.1, 0.15) is 0 Å². The van der Waals surface area contributed by atoms with Crippen molar-refractivity contribution in [1.82, 2.24) is 0 Å². The third-order valence-electron chi connectivity index (χ3n) is 1.72. The van der Waals surface area contributed by atoms with Crippen LogP contribution in [0.4, 0.5) is 5.69 Å². The zero-order valence-corrected chi connectivity index (χ0v) is 8.28. The van der Waals surface area contributed by atoms with Gasteiger partial charge in [-0.05, 0) is 23.7 Å². The van der Waals surface area contributed by atoms with Crippen molar-refractivity contribution in [2.75, 3.05) is 19.0 Å². The fourth-order valence-corrected chi connectivity index (χ4v) is 1.24. The summed E-state index contributed by atoms with van der Waals surface area (Å²) >= 11 is 5.79. The Labute approximate surface area is 82.7 Å². The molecule has 1 aromatic rings. The normalized spacial score (nSPS) is 9.92. The highest BCUT2D eigenvalue weighted by molar-refractivity contribution is 6.59. The molecule has 2 N–H and O–H groups in total. The number of hydrogen-bond donors (Lipinski definition) is 2. The van der Waals surface area contributed by atoms with Crippen molar-refractivity contribution in [3.05, 3.63) is 23.2 Å². The molecule has 0 aliphatic heterocycles. The Bertz CT molecular complexity index is 278. The average Bonchev–Trinajstić information content (AvgIpc) is 2.03. The van der Waals surface area contributed by atoms with E-state index in [2.05, 4.69) is 0 Å². The first-order chi connectivity index (χ1) is 6.00. The Kier molecular flexibility index (Phi) is 3.19. The molecule has 0 aliphatic rings. The molecule has 70 valence electrons. The molecule has 0 aromatic heterocycles. The second-order valence-electron chi connectivity index (χ2n) is 3.01. The van der Waals surface area contributed by atoms with E-state index < -0.39 is 7.12 Å². The topological polar surface area (TPSA) is 43.7 Å². The van der Waals surface area contributed by atoms with Gasteiger partial charge in [-0.1, -0.05) is 11.6 Å². The Morgan fingerprint density at radius 3 is 2.31 bits per heavy atom. The fourth-order valence-electron chi connectivity index (χ4n) is 1.00. The van der Waals surface area contributed by atoms with Crippen LogP contribution in [0.15, 0.2) is 18.2 Å². The van der Waals surface area contributed by atoms with Gasteiger partial charge in [0, 0.05) is 24.8 Å². The smallest absolute Gasteiger partial charge is 0.423 e. The van der Waals surface area contributed by atoms with Gasteiger partial charge in [-0.15, -0.1) is 0 Å². The molecule has 0 spiro atoms. The van der Waals surface area contributed by atoms with E-state index in [1.807, 2.05) is 19.0 Å². The van der Waals surface area contributed by atoms with Crippen LogP contribution >= 0.6 is 11.6 Å². The first kappa shape index (κ1) is 10.4. The van der Waals surface area contributed by atoms with Crippen molar-refractivity contribution in [2.24, 2.45) is 0 Å². The fraction of sp³-hybridized carbons (Fsp3) is 0.250. The molecule has 0 radical (unpaired) electrons. The molecule has 0 aliphatic carbocycles. The lowest BCUT2D eigenvalue weighted by Gasteiger charge is -2.14. The number of hydrogen-bond acceptors (Lipinski definition) is 3. The van der Waals surface area contributed by atoms with E-state index >= 15 is 0 Å². The lowest BCUT2D eigenvalue weighted by molar-refractivity contribution is 0.426. The van der Waals surface area contributed by atoms with Crippen molar-refractivity contribution < 1.29 is 10.0 Å². The summed E-state index contributed by atoms with van der Waals surface area (Å²) in [4.78, 5) is 1.84. The number of nitrogens with zero attached hydrogens (tertiary/aromatic N) is 1. The van der Waals surface area contributed by atoms with E-state index in [0.717, 1.165) is 5.69 Å². The van der Waals surface area contributed by atoms with E-state index in [-0.39, 0.29) is 0 Å². The van der Waals surface area contributed by atoms with Crippen molar-refractivity contribution >= 4 is 29.9 Å². The summed E-state index contributed by atoms with van der Waals surface area (Å²) in [5.74, 6) is 0. The lowest BCUT2D eigenvalue weighted by atomic mass is 9.80. The van der Waals surface area contributed by atoms with Crippen molar-refractivity contribution in [3.63, 3.8) is 0 Å². The van der Waals surface area contributed by atoms with Crippen molar-refractivity contribution in [3.8, 4) is 0 Å². The summed E-state index contributed by atoms with van der Waals surface area (Å²) in [6, 6.07) is 4.96. The van der Waals surface area contributed by atoms with Crippen molar-refractivity contribution in [1.29, 1.82) is 0 Å². The molecular weight excluding hydrogens is 188 g/mol. The lowest BCUT2D eigenvalue weighted by Crippen LogP contribution is -2.30. The van der Waals surface area contributed by atoms with Gasteiger partial charge in [-0.3, -0.25) is 0 Å². The van der Waals surface area contributed by atoms with Gasteiger partial charge in [0.15, 0.2) is 0 Å². The predicted molar refractivity (Wildman–Crippen MR) is 55.6 cm³/mol. The highest BCUT2D eigenvalue weighted by Gasteiger charge is 2.12. The second kappa shape index (κ2) is 4.00. The molecule has 13 heavy (non-hydrogen) atoms. The minimum atomic E-state index is -1.47. The molecule has 3 nitrogen and oxygen atoms in total. The maximum Gasteiger partial charge on any atom is 0.488 e. The standard InChI is InChI=1S/C8H11BClNO2/c1-11(2)8-4-6(9(12)13)3-7(10)5-8/h3-5,12-13H,1-2H3. The second-order valence-corrected chi connectivity index (χ2v) is 3.45. The summed E-state index contributed by atoms with van der Waals surface area (Å²) in [7, 11) is 2.25. The van der Waals surface area contributed by atoms with Crippen molar-refractivity contribution in [2.45, 2.75) is 0 Å². The molecule has 0 amide bonds. The Balaban J connectivity index is 3.11. The minimum absolute atomic E-state index is 0.399. The number of benzene rings is 1. The molecule has 0 saturated heterocycles. The van der Waals surface area contributed by atoms with Crippen LogP contribution in [-0.2, 0) is 0 Å². The third kappa shape index (κ3) is 2.62. The van der Waals surface area contributed by atoms with Crippen LogP contribution in [0.25, 0.3) is 0 Å². The van der Waals surface area contributed by atoms with E-state index in [1.54, 1.807) is 12.1 Å². The maximum absolute atomic E-state index is 8.93. The zero-order chi connectivity index (χ0) is 10.0. The van der Waals surface area contributed by atoms with Gasteiger partial charge in [0.05, 0.1) is 0 Å². The maximum atomic E-state index is 8.93. The van der Waals surface area contributed by atoms with Gasteiger partial charge in [-0.25, -0.2) is 0 Å². The van der Waals surface area contributed by atoms with Gasteiger partial charge >= 0.3 is 7.12 Å². The summed E-state index contributed by atoms with van der Waals surface area (Å²) < 4.78 is 0. The highest BCUT2D eigenvalue weighted by Crippen LogP contribution is 2.15. The monoisotopic (exact) mass is 199 g/mol. The molecule has 0 saturated carbocycles. The summed E-state index contributed by atoms with van der Waals surface area (Å²) in [5.41, 5.74) is 1.24. The Morgan fingerprint density at radius 1 is 1.23 bits per heavy atom. The van der Waals surface area contributed by atoms with Crippen LogP contribution in [0.5, 0.6) is 0 Å². The van der Waals surface area contributed by atoms with Crippen LogP contribution < -0.4 is 10.4 Å². The first-order valence-corrected chi connectivity index (χ1v) is 4.22. The van der Waals surface area contributed by atoms with Crippen LogP contribution in [0.3, 0.4) is 0 Å². The molecule has 1 rings (SSSR count). The summed E-state index contributed by atoms with van der Waals surface area (Å²) in [6.07, 6.45) is 0. The summed E-state index contributed by atoms with van der Waals surface area (Å²) in [5, 5.41) is 18.4. The van der Waals surface area contributed by atoms with E-state index in [4.69, 9.17) is 21.6 Å². The number of halogens is 1. The van der Waals surface area contributed by atoms with Gasteiger partial charge in [-0.2, -0.15) is 0 Å². The molecule has 0 bridgehead atoms. The average molecular weight is 199 g/mol. The summed E-state index contributed by atoms with van der Waals surface area (Å²) in [6.45, 7) is 0. The van der Waals surface area contributed by atoms with E-state index in [1.165, 1.54) is 6.07 Å². The minimum Gasteiger partial charge on any atom is -0.423 e. The predicted octanol–water partition coefficient (Wildman–Crippen LogP) is 0.0858. The van der Waals surface area contributed by atoms with Gasteiger partial charge < -0.3 is 14.9 Å². The molecule has 5 heteroatoms. The Hall–Kier alpha value is -0.705. The number of rotatable bonds is 2.